The van der Waals surface area contributed by atoms with Crippen LogP contribution in [-0.4, -0.2) is 36.6 Å². The number of carbonyl (C=O) groups is 1. The number of non-ortho nitro benzene ring substituents is 1. The van der Waals surface area contributed by atoms with Crippen molar-refractivity contribution in [1.82, 2.24) is 4.31 Å². The van der Waals surface area contributed by atoms with Crippen molar-refractivity contribution in [2.24, 2.45) is 5.92 Å². The maximum atomic E-state index is 13.0. The molecule has 2 aromatic carbocycles. The molecule has 1 amide bonds. The largest absolute Gasteiger partial charge is 0.326 e. The van der Waals surface area contributed by atoms with Gasteiger partial charge in [0.15, 0.2) is 0 Å². The average molecular weight is 421 g/mol. The van der Waals surface area contributed by atoms with E-state index in [1.807, 2.05) is 0 Å². The second-order valence-electron chi connectivity index (χ2n) is 6.88. The minimum Gasteiger partial charge on any atom is -0.326 e. The molecular formula is C19H20FN3O5S. The van der Waals surface area contributed by atoms with E-state index in [1.54, 1.807) is 6.92 Å². The maximum absolute atomic E-state index is 13.0. The molecule has 0 aliphatic carbocycles. The normalized spacial score (nSPS) is 15.8. The average Bonchev–Trinajstić information content (AvgIpc) is 2.69. The van der Waals surface area contributed by atoms with E-state index in [9.17, 15) is 27.7 Å². The van der Waals surface area contributed by atoms with Crippen molar-refractivity contribution >= 4 is 27.3 Å². The fraction of sp³-hybridized carbons (Fsp3) is 0.316. The van der Waals surface area contributed by atoms with Crippen LogP contribution in [0.1, 0.15) is 18.4 Å². The van der Waals surface area contributed by atoms with Crippen LogP contribution in [0.25, 0.3) is 0 Å². The number of piperidine rings is 1. The molecule has 154 valence electrons. The summed E-state index contributed by atoms with van der Waals surface area (Å²) < 4.78 is 40.1. The lowest BCUT2D eigenvalue weighted by molar-refractivity contribution is -0.385. The van der Waals surface area contributed by atoms with Crippen LogP contribution >= 0.6 is 0 Å². The Morgan fingerprint density at radius 1 is 1.17 bits per heavy atom. The molecule has 8 nitrogen and oxygen atoms in total. The SMILES string of the molecule is Cc1ccc([N+](=O)[O-])cc1S(=O)(=O)N1CCC(C(=O)Nc2ccc(F)cc2)CC1. The highest BCUT2D eigenvalue weighted by molar-refractivity contribution is 7.89. The Hall–Kier alpha value is -2.85. The van der Waals surface area contributed by atoms with E-state index >= 15 is 0 Å². The summed E-state index contributed by atoms with van der Waals surface area (Å²) in [4.78, 5) is 22.7. The number of carbonyl (C=O) groups excluding carboxylic acids is 1. The van der Waals surface area contributed by atoms with Crippen LogP contribution in [0, 0.1) is 28.8 Å². The number of sulfonamides is 1. The van der Waals surface area contributed by atoms with Gasteiger partial charge in [-0.25, -0.2) is 12.8 Å². The van der Waals surface area contributed by atoms with Gasteiger partial charge in [-0.05, 0) is 49.6 Å². The van der Waals surface area contributed by atoms with Gasteiger partial charge in [-0.2, -0.15) is 4.31 Å². The summed E-state index contributed by atoms with van der Waals surface area (Å²) in [5.74, 6) is -1.03. The second kappa shape index (κ2) is 8.26. The van der Waals surface area contributed by atoms with E-state index < -0.39 is 20.8 Å². The number of nitro groups is 1. The predicted molar refractivity (Wildman–Crippen MR) is 104 cm³/mol. The van der Waals surface area contributed by atoms with Crippen molar-refractivity contribution in [1.29, 1.82) is 0 Å². The molecule has 1 aliphatic heterocycles. The van der Waals surface area contributed by atoms with Gasteiger partial charge in [0.2, 0.25) is 15.9 Å². The third-order valence-electron chi connectivity index (χ3n) is 4.94. The highest BCUT2D eigenvalue weighted by atomic mass is 32.2. The van der Waals surface area contributed by atoms with Crippen molar-refractivity contribution < 1.29 is 22.5 Å². The lowest BCUT2D eigenvalue weighted by atomic mass is 9.97. The van der Waals surface area contributed by atoms with Crippen LogP contribution in [0.4, 0.5) is 15.8 Å². The van der Waals surface area contributed by atoms with Crippen molar-refractivity contribution in [2.45, 2.75) is 24.7 Å². The second-order valence-corrected chi connectivity index (χ2v) is 8.79. The Labute approximate surface area is 167 Å². The molecule has 10 heteroatoms. The molecule has 1 saturated heterocycles. The van der Waals surface area contributed by atoms with E-state index in [-0.39, 0.29) is 35.5 Å². The van der Waals surface area contributed by atoms with E-state index in [0.29, 0.717) is 24.1 Å². The summed E-state index contributed by atoms with van der Waals surface area (Å²) in [7, 11) is -3.91. The van der Waals surface area contributed by atoms with Crippen LogP contribution in [0.3, 0.4) is 0 Å². The number of hydrogen-bond acceptors (Lipinski definition) is 5. The maximum Gasteiger partial charge on any atom is 0.270 e. The first kappa shape index (κ1) is 20.9. The van der Waals surface area contributed by atoms with E-state index in [1.165, 1.54) is 40.7 Å². The Balaban J connectivity index is 1.68. The molecule has 0 aromatic heterocycles. The van der Waals surface area contributed by atoms with Crippen molar-refractivity contribution in [3.8, 4) is 0 Å². The summed E-state index contributed by atoms with van der Waals surface area (Å²) in [6, 6.07) is 9.14. The molecule has 0 bridgehead atoms. The quantitative estimate of drug-likeness (QED) is 0.589. The molecule has 0 atom stereocenters. The number of amides is 1. The minimum absolute atomic E-state index is 0.0964. The van der Waals surface area contributed by atoms with Crippen LogP contribution in [0.2, 0.25) is 0 Å². The first-order valence-corrected chi connectivity index (χ1v) is 10.4. The Bertz CT molecular complexity index is 1030. The van der Waals surface area contributed by atoms with Gasteiger partial charge in [0, 0.05) is 36.8 Å². The summed E-state index contributed by atoms with van der Waals surface area (Å²) >= 11 is 0. The summed E-state index contributed by atoms with van der Waals surface area (Å²) in [6.07, 6.45) is 0.639. The number of hydrogen-bond donors (Lipinski definition) is 1. The number of halogens is 1. The number of benzene rings is 2. The van der Waals surface area contributed by atoms with Gasteiger partial charge >= 0.3 is 0 Å². The fourth-order valence-electron chi connectivity index (χ4n) is 3.26. The Kier molecular flexibility index (Phi) is 5.94. The van der Waals surface area contributed by atoms with Crippen LogP contribution in [0.5, 0.6) is 0 Å². The zero-order valence-corrected chi connectivity index (χ0v) is 16.5. The molecule has 29 heavy (non-hydrogen) atoms. The third-order valence-corrected chi connectivity index (χ3v) is 6.98. The summed E-state index contributed by atoms with van der Waals surface area (Å²) in [6.45, 7) is 1.84. The van der Waals surface area contributed by atoms with Crippen molar-refractivity contribution in [2.75, 3.05) is 18.4 Å². The molecule has 1 aliphatic rings. The lowest BCUT2D eigenvalue weighted by Crippen LogP contribution is -2.41. The summed E-state index contributed by atoms with van der Waals surface area (Å²) in [5, 5.41) is 13.7. The minimum atomic E-state index is -3.91. The number of aryl methyl sites for hydroxylation is 1. The van der Waals surface area contributed by atoms with Crippen LogP contribution in [0.15, 0.2) is 47.4 Å². The zero-order chi connectivity index (χ0) is 21.2. The van der Waals surface area contributed by atoms with Gasteiger partial charge in [-0.3, -0.25) is 14.9 Å². The lowest BCUT2D eigenvalue weighted by Gasteiger charge is -2.30. The van der Waals surface area contributed by atoms with Gasteiger partial charge in [0.1, 0.15) is 5.82 Å². The highest BCUT2D eigenvalue weighted by Gasteiger charge is 2.33. The predicted octanol–water partition coefficient (Wildman–Crippen LogP) is 3.08. The first-order chi connectivity index (χ1) is 13.7. The third kappa shape index (κ3) is 4.60. The molecule has 1 N–H and O–H groups in total. The Morgan fingerprint density at radius 3 is 2.38 bits per heavy atom. The van der Waals surface area contributed by atoms with E-state index in [0.717, 1.165) is 6.07 Å². The van der Waals surface area contributed by atoms with Gasteiger partial charge < -0.3 is 5.32 Å². The van der Waals surface area contributed by atoms with Gasteiger partial charge in [0.05, 0.1) is 9.82 Å². The topological polar surface area (TPSA) is 110 Å². The molecule has 2 aromatic rings. The van der Waals surface area contributed by atoms with Crippen molar-refractivity contribution in [3.05, 3.63) is 64.0 Å². The number of nitrogens with zero attached hydrogens (tertiary/aromatic N) is 2. The molecule has 0 spiro atoms. The molecular weight excluding hydrogens is 401 g/mol. The van der Waals surface area contributed by atoms with Crippen LogP contribution in [-0.2, 0) is 14.8 Å². The monoisotopic (exact) mass is 421 g/mol. The Morgan fingerprint density at radius 2 is 1.79 bits per heavy atom. The summed E-state index contributed by atoms with van der Waals surface area (Å²) in [5.41, 5.74) is 0.605. The molecule has 1 heterocycles. The zero-order valence-electron chi connectivity index (χ0n) is 15.7. The molecule has 0 saturated carbocycles. The van der Waals surface area contributed by atoms with E-state index in [2.05, 4.69) is 5.32 Å². The number of rotatable bonds is 5. The fourth-order valence-corrected chi connectivity index (χ4v) is 4.97. The van der Waals surface area contributed by atoms with Gasteiger partial charge in [0.25, 0.3) is 5.69 Å². The molecule has 0 radical (unpaired) electrons. The molecule has 3 rings (SSSR count). The highest BCUT2D eigenvalue weighted by Crippen LogP contribution is 2.28. The number of anilines is 1. The number of nitro benzene ring substituents is 1. The standard InChI is InChI=1S/C19H20FN3O5S/c1-13-2-7-17(23(25)26)12-18(13)29(27,28)22-10-8-14(9-11-22)19(24)21-16-5-3-15(20)4-6-16/h2-7,12,14H,8-11H2,1H3,(H,21,24). The smallest absolute Gasteiger partial charge is 0.270 e. The number of nitrogens with one attached hydrogen (secondary N) is 1. The molecule has 0 unspecified atom stereocenters. The van der Waals surface area contributed by atoms with Crippen LogP contribution < -0.4 is 5.32 Å². The first-order valence-electron chi connectivity index (χ1n) is 9.00. The van der Waals surface area contributed by atoms with Gasteiger partial charge in [-0.1, -0.05) is 6.07 Å². The van der Waals surface area contributed by atoms with Crippen molar-refractivity contribution in [3.63, 3.8) is 0 Å². The van der Waals surface area contributed by atoms with E-state index in [4.69, 9.17) is 0 Å². The molecule has 1 fully saturated rings. The van der Waals surface area contributed by atoms with Gasteiger partial charge in [-0.15, -0.1) is 0 Å².